The highest BCUT2D eigenvalue weighted by Crippen LogP contribution is 2.45. The van der Waals surface area contributed by atoms with Crippen molar-refractivity contribution >= 4 is 17.4 Å². The SMILES string of the molecule is COc1ccc(N2C(=O)c3ccccc3C2C2CCc3ccccc3C2=O)cc1. The summed E-state index contributed by atoms with van der Waals surface area (Å²) in [6.07, 6.45) is 1.57. The van der Waals surface area contributed by atoms with Gasteiger partial charge in [-0.3, -0.25) is 9.59 Å². The Morgan fingerprint density at radius 3 is 2.31 bits per heavy atom. The predicted molar refractivity (Wildman–Crippen MR) is 112 cm³/mol. The van der Waals surface area contributed by atoms with Gasteiger partial charge in [-0.05, 0) is 54.3 Å². The highest BCUT2D eigenvalue weighted by molar-refractivity contribution is 6.12. The number of nitrogens with zero attached hydrogens (tertiary/aromatic N) is 1. The summed E-state index contributed by atoms with van der Waals surface area (Å²) in [5.74, 6) is 0.541. The van der Waals surface area contributed by atoms with E-state index in [4.69, 9.17) is 4.74 Å². The number of aryl methyl sites for hydroxylation is 1. The van der Waals surface area contributed by atoms with Crippen molar-refractivity contribution in [1.82, 2.24) is 0 Å². The lowest BCUT2D eigenvalue weighted by Crippen LogP contribution is -2.37. The van der Waals surface area contributed by atoms with Gasteiger partial charge in [0.25, 0.3) is 5.91 Å². The Morgan fingerprint density at radius 1 is 0.862 bits per heavy atom. The third-order valence-electron chi connectivity index (χ3n) is 6.08. The van der Waals surface area contributed by atoms with Crippen LogP contribution in [0.4, 0.5) is 5.69 Å². The summed E-state index contributed by atoms with van der Waals surface area (Å²) in [7, 11) is 1.62. The maximum Gasteiger partial charge on any atom is 0.259 e. The number of Topliss-reactive ketones (excluding diaryl/α,β-unsaturated/α-hetero) is 1. The number of methoxy groups -OCH3 is 1. The van der Waals surface area contributed by atoms with E-state index < -0.39 is 0 Å². The van der Waals surface area contributed by atoms with Crippen LogP contribution in [-0.4, -0.2) is 18.8 Å². The van der Waals surface area contributed by atoms with Crippen molar-refractivity contribution in [3.05, 3.63) is 95.1 Å². The Bertz CT molecular complexity index is 1100. The van der Waals surface area contributed by atoms with Crippen LogP contribution in [0, 0.1) is 5.92 Å². The van der Waals surface area contributed by atoms with Gasteiger partial charge in [-0.1, -0.05) is 42.5 Å². The minimum atomic E-state index is -0.298. The van der Waals surface area contributed by atoms with Crippen LogP contribution < -0.4 is 9.64 Å². The van der Waals surface area contributed by atoms with Gasteiger partial charge in [0.2, 0.25) is 0 Å². The minimum absolute atomic E-state index is 0.0533. The van der Waals surface area contributed by atoms with Crippen LogP contribution in [0.3, 0.4) is 0 Å². The molecule has 2 aliphatic rings. The van der Waals surface area contributed by atoms with E-state index in [0.29, 0.717) is 5.56 Å². The highest BCUT2D eigenvalue weighted by Gasteiger charge is 2.45. The van der Waals surface area contributed by atoms with Gasteiger partial charge in [-0.25, -0.2) is 0 Å². The van der Waals surface area contributed by atoms with E-state index in [1.807, 2.05) is 72.8 Å². The Morgan fingerprint density at radius 2 is 1.55 bits per heavy atom. The van der Waals surface area contributed by atoms with Crippen molar-refractivity contribution in [3.63, 3.8) is 0 Å². The minimum Gasteiger partial charge on any atom is -0.497 e. The smallest absolute Gasteiger partial charge is 0.259 e. The lowest BCUT2D eigenvalue weighted by molar-refractivity contribution is 0.0870. The van der Waals surface area contributed by atoms with Gasteiger partial charge >= 0.3 is 0 Å². The Hall–Kier alpha value is -3.40. The number of ether oxygens (including phenoxy) is 1. The van der Waals surface area contributed by atoms with Crippen LogP contribution >= 0.6 is 0 Å². The van der Waals surface area contributed by atoms with E-state index in [2.05, 4.69) is 0 Å². The van der Waals surface area contributed by atoms with Gasteiger partial charge in [0, 0.05) is 22.7 Å². The summed E-state index contributed by atoms with van der Waals surface area (Å²) in [5, 5.41) is 0. The fraction of sp³-hybridized carbons (Fsp3) is 0.200. The second kappa shape index (κ2) is 6.89. The molecule has 0 bridgehead atoms. The largest absolute Gasteiger partial charge is 0.497 e. The molecule has 2 unspecified atom stereocenters. The van der Waals surface area contributed by atoms with Gasteiger partial charge < -0.3 is 9.64 Å². The molecule has 1 aliphatic heterocycles. The Kier molecular flexibility index (Phi) is 4.20. The molecule has 0 aromatic heterocycles. The molecule has 144 valence electrons. The quantitative estimate of drug-likeness (QED) is 0.650. The van der Waals surface area contributed by atoms with E-state index in [1.54, 1.807) is 12.0 Å². The van der Waals surface area contributed by atoms with E-state index in [9.17, 15) is 9.59 Å². The number of hydrogen-bond donors (Lipinski definition) is 0. The van der Waals surface area contributed by atoms with Crippen molar-refractivity contribution in [2.24, 2.45) is 5.92 Å². The third-order valence-corrected chi connectivity index (χ3v) is 6.08. The molecule has 4 nitrogen and oxygen atoms in total. The number of carbonyl (C=O) groups excluding carboxylic acids is 2. The lowest BCUT2D eigenvalue weighted by atomic mass is 9.77. The topological polar surface area (TPSA) is 46.6 Å². The molecule has 4 heteroatoms. The molecule has 0 spiro atoms. The van der Waals surface area contributed by atoms with Crippen LogP contribution in [0.15, 0.2) is 72.8 Å². The normalized spacial score (nSPS) is 20.4. The van der Waals surface area contributed by atoms with Crippen molar-refractivity contribution in [2.75, 3.05) is 12.0 Å². The molecule has 0 radical (unpaired) electrons. The zero-order valence-corrected chi connectivity index (χ0v) is 16.2. The molecule has 1 heterocycles. The maximum absolute atomic E-state index is 13.4. The van der Waals surface area contributed by atoms with Gasteiger partial charge in [0.15, 0.2) is 5.78 Å². The number of carbonyl (C=O) groups is 2. The molecule has 0 fully saturated rings. The molecule has 2 atom stereocenters. The second-order valence-corrected chi connectivity index (χ2v) is 7.57. The van der Waals surface area contributed by atoms with Gasteiger partial charge in [0.05, 0.1) is 13.2 Å². The van der Waals surface area contributed by atoms with Crippen LogP contribution in [-0.2, 0) is 6.42 Å². The number of fused-ring (bicyclic) bond motifs is 2. The van der Waals surface area contributed by atoms with Crippen LogP contribution in [0.5, 0.6) is 5.75 Å². The first-order valence-electron chi connectivity index (χ1n) is 9.87. The average molecular weight is 383 g/mol. The summed E-state index contributed by atoms with van der Waals surface area (Å²) >= 11 is 0. The van der Waals surface area contributed by atoms with Gasteiger partial charge in [-0.15, -0.1) is 0 Å². The number of hydrogen-bond acceptors (Lipinski definition) is 3. The molecule has 3 aromatic rings. The summed E-state index contributed by atoms with van der Waals surface area (Å²) in [4.78, 5) is 28.6. The molecule has 3 aromatic carbocycles. The van der Waals surface area contributed by atoms with Crippen molar-refractivity contribution in [1.29, 1.82) is 0 Å². The molecular weight excluding hydrogens is 362 g/mol. The van der Waals surface area contributed by atoms with Crippen LogP contribution in [0.25, 0.3) is 0 Å². The zero-order valence-electron chi connectivity index (χ0n) is 16.2. The first kappa shape index (κ1) is 17.7. The molecule has 1 amide bonds. The Labute approximate surface area is 169 Å². The fourth-order valence-electron chi connectivity index (χ4n) is 4.68. The molecule has 0 saturated heterocycles. The molecule has 1 aliphatic carbocycles. The maximum atomic E-state index is 13.4. The third kappa shape index (κ3) is 2.75. The molecule has 0 N–H and O–H groups in total. The molecule has 5 rings (SSSR count). The molecular formula is C25H21NO3. The number of benzene rings is 3. The van der Waals surface area contributed by atoms with Gasteiger partial charge in [-0.2, -0.15) is 0 Å². The van der Waals surface area contributed by atoms with Gasteiger partial charge in [0.1, 0.15) is 5.75 Å². The van der Waals surface area contributed by atoms with E-state index in [-0.39, 0.29) is 23.7 Å². The number of anilines is 1. The van der Waals surface area contributed by atoms with E-state index >= 15 is 0 Å². The average Bonchev–Trinajstić information content (AvgIpc) is 3.07. The summed E-state index contributed by atoms with van der Waals surface area (Å²) in [6, 6.07) is 22.6. The molecule has 29 heavy (non-hydrogen) atoms. The predicted octanol–water partition coefficient (Wildman–Crippen LogP) is 4.84. The monoisotopic (exact) mass is 383 g/mol. The number of amides is 1. The van der Waals surface area contributed by atoms with Crippen LogP contribution in [0.2, 0.25) is 0 Å². The van der Waals surface area contributed by atoms with E-state index in [1.165, 1.54) is 0 Å². The molecule has 0 saturated carbocycles. The van der Waals surface area contributed by atoms with Crippen LogP contribution in [0.1, 0.15) is 44.3 Å². The first-order chi connectivity index (χ1) is 14.2. The number of ketones is 1. The highest BCUT2D eigenvalue weighted by atomic mass is 16.5. The summed E-state index contributed by atoms with van der Waals surface area (Å²) in [5.41, 5.74) is 4.28. The van der Waals surface area contributed by atoms with Crippen molar-refractivity contribution in [3.8, 4) is 5.75 Å². The summed E-state index contributed by atoms with van der Waals surface area (Å²) < 4.78 is 5.26. The zero-order chi connectivity index (χ0) is 20.0. The second-order valence-electron chi connectivity index (χ2n) is 7.57. The van der Waals surface area contributed by atoms with Crippen molar-refractivity contribution in [2.45, 2.75) is 18.9 Å². The fourth-order valence-corrected chi connectivity index (χ4v) is 4.68. The van der Waals surface area contributed by atoms with E-state index in [0.717, 1.165) is 41.0 Å². The number of rotatable bonds is 3. The van der Waals surface area contributed by atoms with Crippen molar-refractivity contribution < 1.29 is 14.3 Å². The summed E-state index contributed by atoms with van der Waals surface area (Å²) in [6.45, 7) is 0. The Balaban J connectivity index is 1.61. The first-order valence-corrected chi connectivity index (χ1v) is 9.87. The lowest BCUT2D eigenvalue weighted by Gasteiger charge is -2.34. The standard InChI is InChI=1S/C25H21NO3/c1-29-18-13-11-17(12-14-18)26-23(20-8-4-5-9-21(20)25(26)28)22-15-10-16-6-2-3-7-19(16)24(22)27/h2-9,11-14,22-23H,10,15H2,1H3.